The van der Waals surface area contributed by atoms with Gasteiger partial charge in [-0.15, -0.1) is 0 Å². The molecule has 3 aromatic rings. The largest absolute Gasteiger partial charge is 0.459 e. The van der Waals surface area contributed by atoms with E-state index in [1.165, 1.54) is 6.26 Å². The molecule has 0 bridgehead atoms. The van der Waals surface area contributed by atoms with Gasteiger partial charge >= 0.3 is 0 Å². The fourth-order valence-corrected chi connectivity index (χ4v) is 2.45. The lowest BCUT2D eigenvalue weighted by atomic mass is 10.1. The lowest BCUT2D eigenvalue weighted by Gasteiger charge is -2.09. The smallest absolute Gasteiger partial charge is 0.291 e. The number of hydrogen-bond donors (Lipinski definition) is 3. The zero-order chi connectivity index (χ0) is 19.9. The molecule has 0 atom stereocenters. The van der Waals surface area contributed by atoms with E-state index in [1.807, 2.05) is 19.1 Å². The van der Waals surface area contributed by atoms with Gasteiger partial charge in [-0.25, -0.2) is 0 Å². The van der Waals surface area contributed by atoms with Crippen molar-refractivity contribution in [2.45, 2.75) is 6.92 Å². The van der Waals surface area contributed by atoms with Crippen molar-refractivity contribution >= 4 is 29.1 Å². The second-order valence-corrected chi connectivity index (χ2v) is 6.11. The monoisotopic (exact) mass is 377 g/mol. The van der Waals surface area contributed by atoms with Gasteiger partial charge in [-0.1, -0.05) is 23.8 Å². The van der Waals surface area contributed by atoms with E-state index in [2.05, 4.69) is 16.0 Å². The van der Waals surface area contributed by atoms with E-state index in [4.69, 9.17) is 4.42 Å². The zero-order valence-electron chi connectivity index (χ0n) is 15.2. The summed E-state index contributed by atoms with van der Waals surface area (Å²) in [5.74, 6) is -0.906. The Balaban J connectivity index is 1.53. The number of nitrogens with one attached hydrogen (secondary N) is 3. The molecule has 0 spiro atoms. The van der Waals surface area contributed by atoms with Crippen molar-refractivity contribution in [2.24, 2.45) is 0 Å². The molecule has 2 aromatic carbocycles. The number of aryl methyl sites for hydroxylation is 1. The molecule has 28 heavy (non-hydrogen) atoms. The molecule has 1 heterocycles. The van der Waals surface area contributed by atoms with E-state index in [1.54, 1.807) is 48.5 Å². The Hall–Kier alpha value is -3.87. The SMILES string of the molecule is Cc1ccc(C(=O)NCC(=O)Nc2cccc(NC(=O)c3ccco3)c2)cc1. The Morgan fingerprint density at radius 2 is 1.57 bits per heavy atom. The van der Waals surface area contributed by atoms with Crippen molar-refractivity contribution in [2.75, 3.05) is 17.2 Å². The third kappa shape index (κ3) is 5.07. The summed E-state index contributed by atoms with van der Waals surface area (Å²) in [6.45, 7) is 1.76. The standard InChI is InChI=1S/C21H19N3O4/c1-14-7-9-15(10-8-14)20(26)22-13-19(25)23-16-4-2-5-17(12-16)24-21(27)18-6-3-11-28-18/h2-12H,13H2,1H3,(H,22,26)(H,23,25)(H,24,27). The quantitative estimate of drug-likeness (QED) is 0.614. The number of furan rings is 1. The predicted molar refractivity (Wildman–Crippen MR) is 105 cm³/mol. The Morgan fingerprint density at radius 3 is 2.25 bits per heavy atom. The highest BCUT2D eigenvalue weighted by molar-refractivity contribution is 6.03. The van der Waals surface area contributed by atoms with E-state index >= 15 is 0 Å². The molecule has 0 aliphatic carbocycles. The van der Waals surface area contributed by atoms with E-state index in [0.717, 1.165) is 5.56 Å². The van der Waals surface area contributed by atoms with Gasteiger partial charge in [0, 0.05) is 16.9 Å². The number of carbonyl (C=O) groups excluding carboxylic acids is 3. The van der Waals surface area contributed by atoms with Crippen molar-refractivity contribution < 1.29 is 18.8 Å². The highest BCUT2D eigenvalue weighted by atomic mass is 16.3. The molecular weight excluding hydrogens is 358 g/mol. The molecule has 1 aromatic heterocycles. The summed E-state index contributed by atoms with van der Waals surface area (Å²) in [6.07, 6.45) is 1.41. The van der Waals surface area contributed by atoms with E-state index in [0.29, 0.717) is 16.9 Å². The van der Waals surface area contributed by atoms with Crippen LogP contribution in [0.1, 0.15) is 26.5 Å². The molecule has 142 valence electrons. The summed E-state index contributed by atoms with van der Waals surface area (Å²) in [7, 11) is 0. The van der Waals surface area contributed by atoms with Crippen LogP contribution in [0.25, 0.3) is 0 Å². The second-order valence-electron chi connectivity index (χ2n) is 6.11. The van der Waals surface area contributed by atoms with E-state index in [9.17, 15) is 14.4 Å². The Kier molecular flexibility index (Phi) is 5.86. The molecule has 3 amide bonds. The summed E-state index contributed by atoms with van der Waals surface area (Å²) in [5.41, 5.74) is 2.53. The lowest BCUT2D eigenvalue weighted by molar-refractivity contribution is -0.115. The van der Waals surface area contributed by atoms with Crippen LogP contribution in [0.3, 0.4) is 0 Å². The van der Waals surface area contributed by atoms with Gasteiger partial charge in [0.15, 0.2) is 5.76 Å². The first-order valence-corrected chi connectivity index (χ1v) is 8.61. The third-order valence-electron chi connectivity index (χ3n) is 3.87. The van der Waals surface area contributed by atoms with E-state index < -0.39 is 0 Å². The number of amides is 3. The molecule has 3 rings (SSSR count). The zero-order valence-corrected chi connectivity index (χ0v) is 15.2. The Labute approximate surface area is 161 Å². The number of benzene rings is 2. The molecule has 7 heteroatoms. The molecule has 3 N–H and O–H groups in total. The van der Waals surface area contributed by atoms with Crippen molar-refractivity contribution in [3.63, 3.8) is 0 Å². The summed E-state index contributed by atoms with van der Waals surface area (Å²) in [6, 6.07) is 16.9. The molecule has 7 nitrogen and oxygen atoms in total. The highest BCUT2D eigenvalue weighted by Crippen LogP contribution is 2.16. The van der Waals surface area contributed by atoms with Crippen molar-refractivity contribution in [3.8, 4) is 0 Å². The Morgan fingerprint density at radius 1 is 0.857 bits per heavy atom. The molecule has 0 radical (unpaired) electrons. The molecule has 0 saturated carbocycles. The van der Waals surface area contributed by atoms with Gasteiger partial charge < -0.3 is 20.4 Å². The van der Waals surface area contributed by atoms with Gasteiger partial charge in [-0.3, -0.25) is 14.4 Å². The second kappa shape index (κ2) is 8.68. The number of carbonyl (C=O) groups is 3. The first kappa shape index (κ1) is 18.9. The fourth-order valence-electron chi connectivity index (χ4n) is 2.45. The summed E-state index contributed by atoms with van der Waals surface area (Å²) in [5, 5.41) is 7.93. The number of rotatable bonds is 6. The summed E-state index contributed by atoms with van der Waals surface area (Å²) < 4.78 is 5.04. The van der Waals surface area contributed by atoms with Crippen molar-refractivity contribution in [3.05, 3.63) is 83.8 Å². The van der Waals surface area contributed by atoms with Crippen LogP contribution in [0, 0.1) is 6.92 Å². The van der Waals surface area contributed by atoms with Crippen LogP contribution in [0.2, 0.25) is 0 Å². The van der Waals surface area contributed by atoms with Crippen LogP contribution < -0.4 is 16.0 Å². The molecule has 0 aliphatic heterocycles. The van der Waals surface area contributed by atoms with Crippen LogP contribution in [0.4, 0.5) is 11.4 Å². The van der Waals surface area contributed by atoms with Crippen LogP contribution >= 0.6 is 0 Å². The van der Waals surface area contributed by atoms with Gasteiger partial charge in [0.2, 0.25) is 5.91 Å². The van der Waals surface area contributed by atoms with Gasteiger partial charge in [-0.05, 0) is 49.4 Å². The fraction of sp³-hybridized carbons (Fsp3) is 0.0952. The van der Waals surface area contributed by atoms with Gasteiger partial charge in [-0.2, -0.15) is 0 Å². The normalized spacial score (nSPS) is 10.2. The van der Waals surface area contributed by atoms with Crippen molar-refractivity contribution in [1.29, 1.82) is 0 Å². The average Bonchev–Trinajstić information content (AvgIpc) is 3.22. The van der Waals surface area contributed by atoms with Gasteiger partial charge in [0.1, 0.15) is 0 Å². The van der Waals surface area contributed by atoms with Crippen molar-refractivity contribution in [1.82, 2.24) is 5.32 Å². The maximum absolute atomic E-state index is 12.1. The molecule has 0 aliphatic rings. The summed E-state index contributed by atoms with van der Waals surface area (Å²) in [4.78, 5) is 36.1. The van der Waals surface area contributed by atoms with Crippen LogP contribution in [-0.2, 0) is 4.79 Å². The maximum atomic E-state index is 12.1. The molecular formula is C21H19N3O4. The minimum Gasteiger partial charge on any atom is -0.459 e. The average molecular weight is 377 g/mol. The number of anilines is 2. The Bertz CT molecular complexity index is 979. The third-order valence-corrected chi connectivity index (χ3v) is 3.87. The van der Waals surface area contributed by atoms with Crippen LogP contribution in [0.15, 0.2) is 71.3 Å². The van der Waals surface area contributed by atoms with Gasteiger partial charge in [0.05, 0.1) is 12.8 Å². The molecule has 0 fully saturated rings. The van der Waals surface area contributed by atoms with E-state index in [-0.39, 0.29) is 30.0 Å². The maximum Gasteiger partial charge on any atom is 0.291 e. The minimum atomic E-state index is -0.390. The molecule has 0 unspecified atom stereocenters. The highest BCUT2D eigenvalue weighted by Gasteiger charge is 2.11. The summed E-state index contributed by atoms with van der Waals surface area (Å²) >= 11 is 0. The number of hydrogen-bond acceptors (Lipinski definition) is 4. The van der Waals surface area contributed by atoms with Crippen LogP contribution in [0.5, 0.6) is 0 Å². The first-order valence-electron chi connectivity index (χ1n) is 8.61. The predicted octanol–water partition coefficient (Wildman–Crippen LogP) is 3.21. The van der Waals surface area contributed by atoms with Gasteiger partial charge in [0.25, 0.3) is 11.8 Å². The first-order chi connectivity index (χ1) is 13.5. The topological polar surface area (TPSA) is 100 Å². The minimum absolute atomic E-state index is 0.171. The molecule has 0 saturated heterocycles. The van der Waals surface area contributed by atoms with Crippen LogP contribution in [-0.4, -0.2) is 24.3 Å². The lowest BCUT2D eigenvalue weighted by Crippen LogP contribution is -2.32.